The summed E-state index contributed by atoms with van der Waals surface area (Å²) in [7, 11) is 5.28. The largest absolute Gasteiger partial charge is 0.309 e. The highest BCUT2D eigenvalue weighted by molar-refractivity contribution is 6.08. The SMILES string of the molecule is [B]CCCn1cc([N+](=O)[O-])ccc1=O. The molecule has 1 aromatic heterocycles. The fourth-order valence-electron chi connectivity index (χ4n) is 1.06. The van der Waals surface area contributed by atoms with Gasteiger partial charge in [-0.2, -0.15) is 0 Å². The van der Waals surface area contributed by atoms with E-state index in [0.717, 1.165) is 0 Å². The fraction of sp³-hybridized carbons (Fsp3) is 0.375. The van der Waals surface area contributed by atoms with Gasteiger partial charge in [0, 0.05) is 18.7 Å². The number of aryl methyl sites for hydroxylation is 1. The van der Waals surface area contributed by atoms with E-state index in [1.54, 1.807) is 0 Å². The first-order valence-corrected chi connectivity index (χ1v) is 4.20. The predicted molar refractivity (Wildman–Crippen MR) is 52.5 cm³/mol. The number of hydrogen-bond donors (Lipinski definition) is 0. The van der Waals surface area contributed by atoms with Crippen LogP contribution in [0.2, 0.25) is 6.32 Å². The van der Waals surface area contributed by atoms with Crippen LogP contribution in [-0.2, 0) is 6.54 Å². The van der Waals surface area contributed by atoms with Gasteiger partial charge in [-0.25, -0.2) is 0 Å². The average molecular weight is 192 g/mol. The summed E-state index contributed by atoms with van der Waals surface area (Å²) in [5, 5.41) is 10.4. The fourth-order valence-corrected chi connectivity index (χ4v) is 1.06. The van der Waals surface area contributed by atoms with Crippen molar-refractivity contribution >= 4 is 13.5 Å². The molecule has 0 N–H and O–H groups in total. The molecule has 0 bridgehead atoms. The van der Waals surface area contributed by atoms with Crippen LogP contribution in [0.5, 0.6) is 0 Å². The first-order chi connectivity index (χ1) is 6.65. The third-order valence-electron chi connectivity index (χ3n) is 1.78. The van der Waals surface area contributed by atoms with Gasteiger partial charge in [-0.3, -0.25) is 14.9 Å². The van der Waals surface area contributed by atoms with Crippen molar-refractivity contribution in [1.82, 2.24) is 4.57 Å². The Kier molecular flexibility index (Phi) is 3.44. The summed E-state index contributed by atoms with van der Waals surface area (Å²) in [5.41, 5.74) is -0.328. The zero-order valence-corrected chi connectivity index (χ0v) is 7.55. The highest BCUT2D eigenvalue weighted by atomic mass is 16.6. The monoisotopic (exact) mass is 192 g/mol. The van der Waals surface area contributed by atoms with Crippen LogP contribution in [0.4, 0.5) is 5.69 Å². The molecule has 0 atom stereocenters. The van der Waals surface area contributed by atoms with Crippen LogP contribution >= 0.6 is 0 Å². The molecule has 0 fully saturated rings. The zero-order valence-electron chi connectivity index (χ0n) is 7.55. The summed E-state index contributed by atoms with van der Waals surface area (Å²) in [4.78, 5) is 21.1. The Morgan fingerprint density at radius 2 is 2.21 bits per heavy atom. The Morgan fingerprint density at radius 1 is 1.50 bits per heavy atom. The molecule has 0 saturated heterocycles. The number of pyridine rings is 1. The number of rotatable bonds is 4. The molecular formula is C8H9BN2O3. The molecule has 6 heteroatoms. The number of aromatic nitrogens is 1. The highest BCUT2D eigenvalue weighted by Gasteiger charge is 2.06. The second kappa shape index (κ2) is 4.60. The second-order valence-corrected chi connectivity index (χ2v) is 2.82. The van der Waals surface area contributed by atoms with Crippen molar-refractivity contribution < 1.29 is 4.92 Å². The Bertz CT molecular complexity index is 388. The van der Waals surface area contributed by atoms with Crippen molar-refractivity contribution in [1.29, 1.82) is 0 Å². The van der Waals surface area contributed by atoms with E-state index < -0.39 is 4.92 Å². The van der Waals surface area contributed by atoms with Crippen molar-refractivity contribution in [3.63, 3.8) is 0 Å². The van der Waals surface area contributed by atoms with E-state index in [1.165, 1.54) is 22.9 Å². The van der Waals surface area contributed by atoms with Gasteiger partial charge < -0.3 is 4.57 Å². The molecule has 2 radical (unpaired) electrons. The van der Waals surface area contributed by atoms with Crippen LogP contribution in [0, 0.1) is 10.1 Å². The number of nitrogens with zero attached hydrogens (tertiary/aromatic N) is 2. The smallest absolute Gasteiger partial charge is 0.285 e. The lowest BCUT2D eigenvalue weighted by molar-refractivity contribution is -0.385. The molecule has 0 aliphatic carbocycles. The molecule has 1 aromatic rings. The van der Waals surface area contributed by atoms with E-state index in [0.29, 0.717) is 19.3 Å². The van der Waals surface area contributed by atoms with Gasteiger partial charge in [-0.1, -0.05) is 6.32 Å². The Balaban J connectivity index is 2.96. The summed E-state index contributed by atoms with van der Waals surface area (Å²) >= 11 is 0. The third kappa shape index (κ3) is 2.45. The molecule has 0 aliphatic rings. The Hall–Kier alpha value is -1.59. The summed E-state index contributed by atoms with van der Waals surface area (Å²) in [5.74, 6) is 0. The Labute approximate surface area is 81.9 Å². The van der Waals surface area contributed by atoms with E-state index in [9.17, 15) is 14.9 Å². The molecule has 1 rings (SSSR count). The van der Waals surface area contributed by atoms with Gasteiger partial charge in [-0.15, -0.1) is 0 Å². The second-order valence-electron chi connectivity index (χ2n) is 2.82. The van der Waals surface area contributed by atoms with Crippen LogP contribution in [0.15, 0.2) is 23.1 Å². The predicted octanol–water partition coefficient (Wildman–Crippen LogP) is 0.733. The minimum atomic E-state index is -0.529. The minimum Gasteiger partial charge on any atom is -0.309 e. The quantitative estimate of drug-likeness (QED) is 0.401. The minimum absolute atomic E-state index is 0.0818. The van der Waals surface area contributed by atoms with Crippen molar-refractivity contribution in [3.05, 3.63) is 38.8 Å². The molecule has 14 heavy (non-hydrogen) atoms. The van der Waals surface area contributed by atoms with Crippen molar-refractivity contribution in [2.24, 2.45) is 0 Å². The first kappa shape index (κ1) is 10.5. The molecule has 0 spiro atoms. The van der Waals surface area contributed by atoms with Crippen LogP contribution in [0.25, 0.3) is 0 Å². The number of hydrogen-bond acceptors (Lipinski definition) is 3. The Morgan fingerprint density at radius 3 is 2.79 bits per heavy atom. The molecule has 72 valence electrons. The van der Waals surface area contributed by atoms with Gasteiger partial charge in [0.05, 0.1) is 19.0 Å². The van der Waals surface area contributed by atoms with Crippen molar-refractivity contribution in [2.75, 3.05) is 0 Å². The van der Waals surface area contributed by atoms with Gasteiger partial charge in [-0.05, 0) is 6.42 Å². The van der Waals surface area contributed by atoms with Crippen LogP contribution in [-0.4, -0.2) is 17.3 Å². The standard InChI is InChI=1S/C8H9BN2O3/c9-4-1-5-10-6-7(11(13)14)2-3-8(10)12/h2-3,6H,1,4-5H2. The summed E-state index contributed by atoms with van der Waals surface area (Å²) in [6.45, 7) is 0.414. The molecule has 0 saturated carbocycles. The zero-order chi connectivity index (χ0) is 10.6. The summed E-state index contributed by atoms with van der Waals surface area (Å²) in [6.07, 6.45) is 2.31. The van der Waals surface area contributed by atoms with Crippen LogP contribution < -0.4 is 5.56 Å². The first-order valence-electron chi connectivity index (χ1n) is 4.20. The van der Waals surface area contributed by atoms with Crippen molar-refractivity contribution in [2.45, 2.75) is 19.3 Å². The lowest BCUT2D eigenvalue weighted by atomic mass is 10.0. The normalized spacial score (nSPS) is 10.0. The molecular weight excluding hydrogens is 183 g/mol. The summed E-state index contributed by atoms with van der Waals surface area (Å²) < 4.78 is 1.30. The maximum atomic E-state index is 11.2. The maximum absolute atomic E-state index is 11.2. The topological polar surface area (TPSA) is 65.1 Å². The van der Waals surface area contributed by atoms with E-state index >= 15 is 0 Å². The molecule has 1 heterocycles. The molecule has 0 aliphatic heterocycles. The van der Waals surface area contributed by atoms with E-state index in [-0.39, 0.29) is 11.2 Å². The van der Waals surface area contributed by atoms with Gasteiger partial charge in [0.1, 0.15) is 0 Å². The van der Waals surface area contributed by atoms with E-state index in [1.807, 2.05) is 0 Å². The highest BCUT2D eigenvalue weighted by Crippen LogP contribution is 2.06. The van der Waals surface area contributed by atoms with Crippen LogP contribution in [0.1, 0.15) is 6.42 Å². The molecule has 5 nitrogen and oxygen atoms in total. The van der Waals surface area contributed by atoms with Gasteiger partial charge in [0.25, 0.3) is 11.2 Å². The molecule has 0 unspecified atom stereocenters. The number of nitro groups is 1. The maximum Gasteiger partial charge on any atom is 0.285 e. The lowest BCUT2D eigenvalue weighted by Gasteiger charge is -2.02. The molecule has 0 amide bonds. The van der Waals surface area contributed by atoms with Gasteiger partial charge in [0.2, 0.25) is 0 Å². The average Bonchev–Trinajstić information content (AvgIpc) is 2.16. The van der Waals surface area contributed by atoms with Gasteiger partial charge >= 0.3 is 0 Å². The van der Waals surface area contributed by atoms with E-state index in [2.05, 4.69) is 0 Å². The van der Waals surface area contributed by atoms with Gasteiger partial charge in [0.15, 0.2) is 0 Å². The third-order valence-corrected chi connectivity index (χ3v) is 1.78. The molecule has 0 aromatic carbocycles. The summed E-state index contributed by atoms with van der Waals surface area (Å²) in [6, 6.07) is 2.38. The van der Waals surface area contributed by atoms with E-state index in [4.69, 9.17) is 7.85 Å². The van der Waals surface area contributed by atoms with Crippen molar-refractivity contribution in [3.8, 4) is 0 Å². The lowest BCUT2D eigenvalue weighted by Crippen LogP contribution is -2.18. The van der Waals surface area contributed by atoms with Crippen LogP contribution in [0.3, 0.4) is 0 Å².